The third kappa shape index (κ3) is 1.11. The molecule has 0 radical (unpaired) electrons. The van der Waals surface area contributed by atoms with Crippen molar-refractivity contribution in [3.05, 3.63) is 36.7 Å². The van der Waals surface area contributed by atoms with Gasteiger partial charge in [-0.25, -0.2) is 9.37 Å². The molecule has 0 fully saturated rings. The minimum atomic E-state index is -0.359. The highest BCUT2D eigenvalue weighted by Crippen LogP contribution is 2.19. The van der Waals surface area contributed by atoms with Gasteiger partial charge in [-0.05, 0) is 6.07 Å². The van der Waals surface area contributed by atoms with Gasteiger partial charge in [0.15, 0.2) is 11.6 Å². The van der Waals surface area contributed by atoms with Gasteiger partial charge in [-0.2, -0.15) is 10.2 Å². The third-order valence-electron chi connectivity index (χ3n) is 2.14. The second-order valence-corrected chi connectivity index (χ2v) is 3.01. The van der Waals surface area contributed by atoms with E-state index in [4.69, 9.17) is 0 Å². The molecule has 3 aromatic rings. The fourth-order valence-electron chi connectivity index (χ4n) is 1.48. The molecule has 0 bridgehead atoms. The van der Waals surface area contributed by atoms with E-state index in [1.807, 2.05) is 0 Å². The van der Waals surface area contributed by atoms with Crippen molar-refractivity contribution >= 4 is 10.9 Å². The van der Waals surface area contributed by atoms with Gasteiger partial charge < -0.3 is 4.98 Å². The van der Waals surface area contributed by atoms with Crippen molar-refractivity contribution in [2.45, 2.75) is 0 Å². The first kappa shape index (κ1) is 8.10. The predicted octanol–water partition coefficient (Wildman–Crippen LogP) is 1.28. The average Bonchev–Trinajstić information content (AvgIpc) is 2.88. The molecule has 74 valence electrons. The number of fused-ring (bicyclic) bond motifs is 1. The quantitative estimate of drug-likeness (QED) is 0.648. The maximum absolute atomic E-state index is 13.3. The molecule has 0 saturated carbocycles. The van der Waals surface area contributed by atoms with Gasteiger partial charge in [0.25, 0.3) is 0 Å². The zero-order valence-corrected chi connectivity index (χ0v) is 7.55. The van der Waals surface area contributed by atoms with Crippen LogP contribution in [0.5, 0.6) is 0 Å². The van der Waals surface area contributed by atoms with Gasteiger partial charge in [0.2, 0.25) is 0 Å². The molecule has 0 spiro atoms. The Hall–Kier alpha value is -2.24. The summed E-state index contributed by atoms with van der Waals surface area (Å²) in [6, 6.07) is 1.65. The van der Waals surface area contributed by atoms with Crippen LogP contribution in [0, 0.1) is 5.82 Å². The van der Waals surface area contributed by atoms with E-state index >= 15 is 0 Å². The number of halogens is 1. The second-order valence-electron chi connectivity index (χ2n) is 3.01. The summed E-state index contributed by atoms with van der Waals surface area (Å²) >= 11 is 0. The van der Waals surface area contributed by atoms with E-state index in [-0.39, 0.29) is 5.82 Å². The number of nitrogens with zero attached hydrogens (tertiary/aromatic N) is 4. The maximum Gasteiger partial charge on any atom is 0.198 e. The molecule has 0 aliphatic carbocycles. The van der Waals surface area contributed by atoms with Crippen molar-refractivity contribution < 1.29 is 4.39 Å². The molecule has 3 aromatic heterocycles. The molecule has 0 aliphatic rings. The lowest BCUT2D eigenvalue weighted by Crippen LogP contribution is -2.02. The highest BCUT2D eigenvalue weighted by Gasteiger charge is 2.10. The fourth-order valence-corrected chi connectivity index (χ4v) is 1.48. The van der Waals surface area contributed by atoms with Crippen molar-refractivity contribution in [2.75, 3.05) is 0 Å². The van der Waals surface area contributed by atoms with Crippen LogP contribution in [0.4, 0.5) is 4.39 Å². The summed E-state index contributed by atoms with van der Waals surface area (Å²) in [5.41, 5.74) is 0.589. The maximum atomic E-state index is 13.3. The van der Waals surface area contributed by atoms with Gasteiger partial charge in [-0.1, -0.05) is 0 Å². The van der Waals surface area contributed by atoms with Crippen LogP contribution in [0.1, 0.15) is 0 Å². The minimum Gasteiger partial charge on any atom is -0.358 e. The van der Waals surface area contributed by atoms with Crippen molar-refractivity contribution in [3.63, 3.8) is 0 Å². The zero-order chi connectivity index (χ0) is 10.3. The van der Waals surface area contributed by atoms with E-state index in [1.165, 1.54) is 4.80 Å². The molecule has 6 heteroatoms. The number of nitrogens with one attached hydrogen (secondary N) is 1. The molecular formula is C9H6FN5. The molecular weight excluding hydrogens is 197 g/mol. The Morgan fingerprint density at radius 1 is 1.27 bits per heavy atom. The predicted molar refractivity (Wildman–Crippen MR) is 51.0 cm³/mol. The lowest BCUT2D eigenvalue weighted by molar-refractivity contribution is 0.630. The van der Waals surface area contributed by atoms with Gasteiger partial charge in [0.1, 0.15) is 0 Å². The summed E-state index contributed by atoms with van der Waals surface area (Å²) in [4.78, 5) is 8.21. The fraction of sp³-hybridized carbons (Fsp3) is 0. The first-order valence-electron chi connectivity index (χ1n) is 4.34. The van der Waals surface area contributed by atoms with E-state index in [2.05, 4.69) is 20.2 Å². The summed E-state index contributed by atoms with van der Waals surface area (Å²) < 4.78 is 13.3. The van der Waals surface area contributed by atoms with E-state index in [0.29, 0.717) is 16.7 Å². The normalized spacial score (nSPS) is 11.0. The van der Waals surface area contributed by atoms with Crippen LogP contribution >= 0.6 is 0 Å². The van der Waals surface area contributed by atoms with Crippen molar-refractivity contribution in [3.8, 4) is 5.82 Å². The summed E-state index contributed by atoms with van der Waals surface area (Å²) in [5.74, 6) is 0.128. The van der Waals surface area contributed by atoms with Crippen LogP contribution in [0.25, 0.3) is 16.7 Å². The molecule has 0 unspecified atom stereocenters. The summed E-state index contributed by atoms with van der Waals surface area (Å²) in [7, 11) is 0. The van der Waals surface area contributed by atoms with Crippen LogP contribution in [0.3, 0.4) is 0 Å². The Bertz CT molecular complexity index is 598. The summed E-state index contributed by atoms with van der Waals surface area (Å²) in [6.45, 7) is 0. The van der Waals surface area contributed by atoms with Crippen LogP contribution in [0.15, 0.2) is 30.9 Å². The number of H-pyrrole nitrogens is 1. The molecule has 0 aliphatic heterocycles. The lowest BCUT2D eigenvalue weighted by atomic mass is 10.3. The highest BCUT2D eigenvalue weighted by molar-refractivity contribution is 5.85. The number of rotatable bonds is 1. The first-order chi connectivity index (χ1) is 7.36. The lowest BCUT2D eigenvalue weighted by Gasteiger charge is -2.00. The SMILES string of the molecule is Fc1cnc(-n2nccn2)c2[nH]ccc12. The molecule has 0 atom stereocenters. The molecule has 1 N–H and O–H groups in total. The number of hydrogen-bond donors (Lipinski definition) is 1. The Kier molecular flexibility index (Phi) is 1.55. The van der Waals surface area contributed by atoms with E-state index < -0.39 is 0 Å². The Balaban J connectivity index is 2.37. The van der Waals surface area contributed by atoms with Crippen molar-refractivity contribution in [1.29, 1.82) is 0 Å². The Labute approximate surface area is 83.6 Å². The molecule has 0 amide bonds. The van der Waals surface area contributed by atoms with Crippen LogP contribution in [0.2, 0.25) is 0 Å². The molecule has 3 rings (SSSR count). The van der Waals surface area contributed by atoms with E-state index in [1.54, 1.807) is 24.7 Å². The topological polar surface area (TPSA) is 59.4 Å². The van der Waals surface area contributed by atoms with Crippen LogP contribution < -0.4 is 0 Å². The van der Waals surface area contributed by atoms with Gasteiger partial charge in [0, 0.05) is 11.6 Å². The highest BCUT2D eigenvalue weighted by atomic mass is 19.1. The Morgan fingerprint density at radius 2 is 2.07 bits per heavy atom. The van der Waals surface area contributed by atoms with Crippen LogP contribution in [-0.4, -0.2) is 25.0 Å². The summed E-state index contributed by atoms with van der Waals surface area (Å²) in [6.07, 6.45) is 5.90. The zero-order valence-electron chi connectivity index (χ0n) is 7.55. The van der Waals surface area contributed by atoms with E-state index in [0.717, 1.165) is 6.20 Å². The standard InChI is InChI=1S/C9H6FN5/c10-7-5-12-9(15-13-3-4-14-15)8-6(7)1-2-11-8/h1-5,11H. The van der Waals surface area contributed by atoms with Crippen molar-refractivity contribution in [2.24, 2.45) is 0 Å². The monoisotopic (exact) mass is 203 g/mol. The number of pyridine rings is 1. The number of aromatic amines is 1. The minimum absolute atomic E-state index is 0.359. The Morgan fingerprint density at radius 3 is 2.87 bits per heavy atom. The van der Waals surface area contributed by atoms with Gasteiger partial charge in [-0.3, -0.25) is 0 Å². The molecule has 0 aromatic carbocycles. The second kappa shape index (κ2) is 2.88. The average molecular weight is 203 g/mol. The summed E-state index contributed by atoms with van der Waals surface area (Å²) in [5, 5.41) is 8.38. The molecule has 0 saturated heterocycles. The smallest absolute Gasteiger partial charge is 0.198 e. The number of aromatic nitrogens is 5. The van der Waals surface area contributed by atoms with E-state index in [9.17, 15) is 4.39 Å². The van der Waals surface area contributed by atoms with Gasteiger partial charge in [-0.15, -0.1) is 4.80 Å². The van der Waals surface area contributed by atoms with Gasteiger partial charge in [0.05, 0.1) is 24.1 Å². The van der Waals surface area contributed by atoms with Crippen LogP contribution in [-0.2, 0) is 0 Å². The van der Waals surface area contributed by atoms with Gasteiger partial charge >= 0.3 is 0 Å². The molecule has 15 heavy (non-hydrogen) atoms. The first-order valence-corrected chi connectivity index (χ1v) is 4.34. The number of hydrogen-bond acceptors (Lipinski definition) is 3. The molecule has 5 nitrogen and oxygen atoms in total. The van der Waals surface area contributed by atoms with Crippen molar-refractivity contribution in [1.82, 2.24) is 25.0 Å². The largest absolute Gasteiger partial charge is 0.358 e. The molecule has 3 heterocycles. The third-order valence-corrected chi connectivity index (χ3v) is 2.14.